The van der Waals surface area contributed by atoms with Crippen LogP contribution in [0.25, 0.3) is 21.9 Å². The summed E-state index contributed by atoms with van der Waals surface area (Å²) in [7, 11) is 4.91. The molecule has 4 heteroatoms. The summed E-state index contributed by atoms with van der Waals surface area (Å²) in [6.07, 6.45) is 3.60. The minimum Gasteiger partial charge on any atom is -0.496 e. The van der Waals surface area contributed by atoms with Crippen LogP contribution in [0, 0.1) is 0 Å². The molecule has 3 aromatic rings. The zero-order valence-electron chi connectivity index (χ0n) is 12.8. The van der Waals surface area contributed by atoms with E-state index in [1.165, 1.54) is 0 Å². The van der Waals surface area contributed by atoms with Crippen LogP contribution < -0.4 is 14.2 Å². The third-order valence-corrected chi connectivity index (χ3v) is 3.65. The normalized spacial score (nSPS) is 10.5. The van der Waals surface area contributed by atoms with Crippen molar-refractivity contribution < 1.29 is 14.2 Å². The number of nitrogens with zero attached hydrogens (tertiary/aromatic N) is 1. The average molecular weight is 295 g/mol. The van der Waals surface area contributed by atoms with Gasteiger partial charge < -0.3 is 14.2 Å². The van der Waals surface area contributed by atoms with Gasteiger partial charge in [-0.1, -0.05) is 12.1 Å². The summed E-state index contributed by atoms with van der Waals surface area (Å²) < 4.78 is 16.4. The molecular weight excluding hydrogens is 278 g/mol. The number of hydrogen-bond acceptors (Lipinski definition) is 4. The van der Waals surface area contributed by atoms with Gasteiger partial charge in [-0.2, -0.15) is 0 Å². The fraction of sp³-hybridized carbons (Fsp3) is 0.167. The molecule has 0 saturated carbocycles. The van der Waals surface area contributed by atoms with Gasteiger partial charge in [0.2, 0.25) is 0 Å². The fourth-order valence-electron chi connectivity index (χ4n) is 2.59. The van der Waals surface area contributed by atoms with Gasteiger partial charge in [0.25, 0.3) is 0 Å². The maximum atomic E-state index is 5.51. The SMILES string of the molecule is COc1cc(OC)c2cc(-c3cccnc3)ccc2c1OC. The van der Waals surface area contributed by atoms with Gasteiger partial charge in [-0.3, -0.25) is 4.98 Å². The molecule has 4 nitrogen and oxygen atoms in total. The van der Waals surface area contributed by atoms with Crippen LogP contribution in [0.5, 0.6) is 17.2 Å². The molecule has 0 bridgehead atoms. The molecule has 3 rings (SSSR count). The van der Waals surface area contributed by atoms with Crippen LogP contribution in [0.2, 0.25) is 0 Å². The molecule has 0 atom stereocenters. The largest absolute Gasteiger partial charge is 0.496 e. The van der Waals surface area contributed by atoms with E-state index >= 15 is 0 Å². The van der Waals surface area contributed by atoms with Crippen molar-refractivity contribution in [3.8, 4) is 28.4 Å². The van der Waals surface area contributed by atoms with E-state index in [9.17, 15) is 0 Å². The third kappa shape index (κ3) is 2.33. The summed E-state index contributed by atoms with van der Waals surface area (Å²) in [5, 5.41) is 1.92. The molecule has 0 spiro atoms. The number of rotatable bonds is 4. The molecule has 0 fully saturated rings. The number of fused-ring (bicyclic) bond motifs is 1. The van der Waals surface area contributed by atoms with Gasteiger partial charge in [0.15, 0.2) is 11.5 Å². The van der Waals surface area contributed by atoms with Gasteiger partial charge in [0.05, 0.1) is 21.3 Å². The molecular formula is C18H17NO3. The minimum atomic E-state index is 0.654. The van der Waals surface area contributed by atoms with Gasteiger partial charge in [-0.15, -0.1) is 0 Å². The smallest absolute Gasteiger partial charge is 0.168 e. The Morgan fingerprint density at radius 2 is 1.59 bits per heavy atom. The Kier molecular flexibility index (Phi) is 3.83. The van der Waals surface area contributed by atoms with Crippen molar-refractivity contribution in [2.24, 2.45) is 0 Å². The van der Waals surface area contributed by atoms with Gasteiger partial charge in [0, 0.05) is 34.8 Å². The Morgan fingerprint density at radius 3 is 2.23 bits per heavy atom. The van der Waals surface area contributed by atoms with Crippen molar-refractivity contribution in [3.05, 3.63) is 48.8 Å². The number of aromatic nitrogens is 1. The summed E-state index contributed by atoms with van der Waals surface area (Å²) in [4.78, 5) is 4.17. The summed E-state index contributed by atoms with van der Waals surface area (Å²) in [6, 6.07) is 11.9. The number of methoxy groups -OCH3 is 3. The summed E-state index contributed by atoms with van der Waals surface area (Å²) in [5.41, 5.74) is 2.13. The molecule has 0 aliphatic carbocycles. The quantitative estimate of drug-likeness (QED) is 0.731. The van der Waals surface area contributed by atoms with E-state index < -0.39 is 0 Å². The molecule has 2 aromatic carbocycles. The van der Waals surface area contributed by atoms with Crippen molar-refractivity contribution in [2.45, 2.75) is 0 Å². The van der Waals surface area contributed by atoms with Crippen LogP contribution in [-0.4, -0.2) is 26.3 Å². The van der Waals surface area contributed by atoms with Gasteiger partial charge in [0.1, 0.15) is 5.75 Å². The van der Waals surface area contributed by atoms with Crippen LogP contribution in [0.4, 0.5) is 0 Å². The topological polar surface area (TPSA) is 40.6 Å². The molecule has 22 heavy (non-hydrogen) atoms. The van der Waals surface area contributed by atoms with Crippen molar-refractivity contribution in [2.75, 3.05) is 21.3 Å². The second-order valence-corrected chi connectivity index (χ2v) is 4.82. The Bertz CT molecular complexity index is 800. The van der Waals surface area contributed by atoms with E-state index in [4.69, 9.17) is 14.2 Å². The standard InChI is InChI=1S/C18H17NO3/c1-20-16-10-17(21-2)18(22-3)14-7-6-12(9-15(14)16)13-5-4-8-19-11-13/h4-11H,1-3H3. The number of ether oxygens (including phenoxy) is 3. The van der Waals surface area contributed by atoms with Crippen molar-refractivity contribution in [1.29, 1.82) is 0 Å². The maximum Gasteiger partial charge on any atom is 0.168 e. The minimum absolute atomic E-state index is 0.654. The van der Waals surface area contributed by atoms with Crippen molar-refractivity contribution in [3.63, 3.8) is 0 Å². The first-order chi connectivity index (χ1) is 10.8. The molecule has 0 N–H and O–H groups in total. The highest BCUT2D eigenvalue weighted by atomic mass is 16.5. The molecule has 0 aliphatic rings. The molecule has 0 unspecified atom stereocenters. The molecule has 112 valence electrons. The lowest BCUT2D eigenvalue weighted by Gasteiger charge is -2.15. The third-order valence-electron chi connectivity index (χ3n) is 3.65. The number of pyridine rings is 1. The second kappa shape index (κ2) is 5.93. The van der Waals surface area contributed by atoms with Crippen LogP contribution in [-0.2, 0) is 0 Å². The van der Waals surface area contributed by atoms with Crippen molar-refractivity contribution >= 4 is 10.8 Å². The molecule has 1 aromatic heterocycles. The Hall–Kier alpha value is -2.75. The highest BCUT2D eigenvalue weighted by molar-refractivity contribution is 5.98. The van der Waals surface area contributed by atoms with E-state index in [2.05, 4.69) is 11.1 Å². The molecule has 0 aliphatic heterocycles. The van der Waals surface area contributed by atoms with E-state index in [0.29, 0.717) is 11.5 Å². The Morgan fingerprint density at radius 1 is 0.773 bits per heavy atom. The van der Waals surface area contributed by atoms with Gasteiger partial charge >= 0.3 is 0 Å². The summed E-state index contributed by atoms with van der Waals surface area (Å²) in [5.74, 6) is 2.11. The first-order valence-corrected chi connectivity index (χ1v) is 6.91. The van der Waals surface area contributed by atoms with E-state index in [1.54, 1.807) is 27.5 Å². The summed E-state index contributed by atoms with van der Waals surface area (Å²) >= 11 is 0. The average Bonchev–Trinajstić information content (AvgIpc) is 2.60. The Labute approximate surface area is 129 Å². The highest BCUT2D eigenvalue weighted by Crippen LogP contribution is 2.42. The first-order valence-electron chi connectivity index (χ1n) is 6.91. The van der Waals surface area contributed by atoms with Crippen LogP contribution in [0.1, 0.15) is 0 Å². The zero-order chi connectivity index (χ0) is 15.5. The number of hydrogen-bond donors (Lipinski definition) is 0. The molecule has 1 heterocycles. The van der Waals surface area contributed by atoms with Gasteiger partial charge in [-0.25, -0.2) is 0 Å². The molecule has 0 amide bonds. The fourth-order valence-corrected chi connectivity index (χ4v) is 2.59. The first kappa shape index (κ1) is 14.2. The maximum absolute atomic E-state index is 5.51. The predicted molar refractivity (Wildman–Crippen MR) is 86.8 cm³/mol. The van der Waals surface area contributed by atoms with E-state index in [0.717, 1.165) is 27.6 Å². The number of benzene rings is 2. The summed E-state index contributed by atoms with van der Waals surface area (Å²) in [6.45, 7) is 0. The lowest BCUT2D eigenvalue weighted by molar-refractivity contribution is 0.353. The van der Waals surface area contributed by atoms with Crippen LogP contribution in [0.3, 0.4) is 0 Å². The zero-order valence-corrected chi connectivity index (χ0v) is 12.8. The van der Waals surface area contributed by atoms with Crippen molar-refractivity contribution in [1.82, 2.24) is 4.98 Å². The van der Waals surface area contributed by atoms with Crippen LogP contribution in [0.15, 0.2) is 48.8 Å². The van der Waals surface area contributed by atoms with Crippen LogP contribution >= 0.6 is 0 Å². The lowest BCUT2D eigenvalue weighted by atomic mass is 10.0. The monoisotopic (exact) mass is 295 g/mol. The predicted octanol–water partition coefficient (Wildman–Crippen LogP) is 3.93. The highest BCUT2D eigenvalue weighted by Gasteiger charge is 2.14. The second-order valence-electron chi connectivity index (χ2n) is 4.82. The molecule has 0 saturated heterocycles. The lowest BCUT2D eigenvalue weighted by Crippen LogP contribution is -1.95. The Balaban J connectivity index is 2.28. The van der Waals surface area contributed by atoms with E-state index in [-0.39, 0.29) is 0 Å². The van der Waals surface area contributed by atoms with E-state index in [1.807, 2.05) is 36.5 Å². The van der Waals surface area contributed by atoms with Gasteiger partial charge in [-0.05, 0) is 23.8 Å². The molecule has 0 radical (unpaired) electrons.